The number of rotatable bonds is 2. The molecule has 0 bridgehead atoms. The Hall–Kier alpha value is -1.07. The largest absolute Gasteiger partial charge is 0.395 e. The standard InChI is InChI=1S/C8H11NO3S/c1-5-3-6(2)8(9)7(4-5)12-13(10)11/h3-4H,9H2,1-2H3,(H,10,11). The third-order valence-corrected chi connectivity index (χ3v) is 1.98. The molecule has 3 N–H and O–H groups in total. The van der Waals surface area contributed by atoms with E-state index in [1.165, 1.54) is 0 Å². The second kappa shape index (κ2) is 3.76. The first-order valence-electron chi connectivity index (χ1n) is 3.66. The third kappa shape index (κ3) is 2.43. The van der Waals surface area contributed by atoms with Gasteiger partial charge in [-0.1, -0.05) is 6.07 Å². The van der Waals surface area contributed by atoms with Crippen LogP contribution in [-0.4, -0.2) is 8.76 Å². The Labute approximate surface area is 79.2 Å². The molecule has 4 nitrogen and oxygen atoms in total. The first-order valence-corrected chi connectivity index (χ1v) is 4.70. The molecule has 1 atom stereocenters. The quantitative estimate of drug-likeness (QED) is 0.560. The van der Waals surface area contributed by atoms with E-state index in [1.54, 1.807) is 6.07 Å². The van der Waals surface area contributed by atoms with Crippen molar-refractivity contribution in [3.8, 4) is 5.75 Å². The van der Waals surface area contributed by atoms with Gasteiger partial charge in [-0.05, 0) is 31.0 Å². The van der Waals surface area contributed by atoms with Crippen LogP contribution in [0, 0.1) is 13.8 Å². The van der Waals surface area contributed by atoms with E-state index in [4.69, 9.17) is 10.3 Å². The minimum absolute atomic E-state index is 0.248. The first kappa shape index (κ1) is 10.0. The Balaban J connectivity index is 3.12. The summed E-state index contributed by atoms with van der Waals surface area (Å²) in [6, 6.07) is 3.50. The number of nitrogens with two attached hydrogens (primary N) is 1. The molecule has 0 heterocycles. The van der Waals surface area contributed by atoms with Crippen molar-refractivity contribution in [2.24, 2.45) is 0 Å². The molecule has 1 unspecified atom stereocenters. The zero-order chi connectivity index (χ0) is 10.0. The molecular weight excluding hydrogens is 190 g/mol. The topological polar surface area (TPSA) is 72.5 Å². The highest BCUT2D eigenvalue weighted by molar-refractivity contribution is 7.74. The van der Waals surface area contributed by atoms with Crippen LogP contribution in [0.2, 0.25) is 0 Å². The van der Waals surface area contributed by atoms with Crippen LogP contribution in [0.4, 0.5) is 5.69 Å². The van der Waals surface area contributed by atoms with Gasteiger partial charge in [0.05, 0.1) is 5.69 Å². The molecule has 0 aliphatic rings. The van der Waals surface area contributed by atoms with Gasteiger partial charge in [-0.15, -0.1) is 0 Å². The highest BCUT2D eigenvalue weighted by Crippen LogP contribution is 2.26. The van der Waals surface area contributed by atoms with Gasteiger partial charge >= 0.3 is 11.4 Å². The Morgan fingerprint density at radius 3 is 2.62 bits per heavy atom. The molecule has 1 rings (SSSR count). The summed E-state index contributed by atoms with van der Waals surface area (Å²) in [5, 5.41) is 0. The van der Waals surface area contributed by atoms with Gasteiger partial charge < -0.3 is 9.92 Å². The lowest BCUT2D eigenvalue weighted by atomic mass is 10.1. The summed E-state index contributed by atoms with van der Waals surface area (Å²) in [7, 11) is 0. The second-order valence-corrected chi connectivity index (χ2v) is 3.39. The number of anilines is 1. The number of benzene rings is 1. The summed E-state index contributed by atoms with van der Waals surface area (Å²) in [4.78, 5) is 0. The van der Waals surface area contributed by atoms with Crippen molar-refractivity contribution < 1.29 is 12.9 Å². The molecule has 0 saturated heterocycles. The first-order chi connectivity index (χ1) is 6.00. The summed E-state index contributed by atoms with van der Waals surface area (Å²) < 4.78 is 23.5. The summed E-state index contributed by atoms with van der Waals surface area (Å²) >= 11 is -2.32. The van der Waals surface area contributed by atoms with Crippen molar-refractivity contribution in [2.75, 3.05) is 5.73 Å². The zero-order valence-corrected chi connectivity index (χ0v) is 8.22. The molecule has 0 radical (unpaired) electrons. The molecule has 0 amide bonds. The molecule has 0 fully saturated rings. The van der Waals surface area contributed by atoms with Gasteiger partial charge in [0.25, 0.3) is 0 Å². The maximum Gasteiger partial charge on any atom is 0.357 e. The smallest absolute Gasteiger partial charge is 0.357 e. The van der Waals surface area contributed by atoms with Crippen molar-refractivity contribution in [2.45, 2.75) is 13.8 Å². The van der Waals surface area contributed by atoms with E-state index in [-0.39, 0.29) is 5.75 Å². The highest BCUT2D eigenvalue weighted by atomic mass is 32.2. The third-order valence-electron chi connectivity index (χ3n) is 1.65. The molecule has 1 aromatic rings. The highest BCUT2D eigenvalue weighted by Gasteiger charge is 2.06. The Morgan fingerprint density at radius 1 is 1.46 bits per heavy atom. The molecule has 1 aromatic carbocycles. The molecule has 0 spiro atoms. The molecule has 13 heavy (non-hydrogen) atoms. The van der Waals surface area contributed by atoms with E-state index in [1.807, 2.05) is 19.9 Å². The van der Waals surface area contributed by atoms with Crippen LogP contribution >= 0.6 is 0 Å². The van der Waals surface area contributed by atoms with E-state index < -0.39 is 11.4 Å². The number of hydrogen-bond acceptors (Lipinski definition) is 3. The minimum Gasteiger partial charge on any atom is -0.395 e. The zero-order valence-electron chi connectivity index (χ0n) is 7.40. The number of nitrogen functional groups attached to an aromatic ring is 1. The van der Waals surface area contributed by atoms with Gasteiger partial charge in [0.1, 0.15) is 0 Å². The lowest BCUT2D eigenvalue weighted by Crippen LogP contribution is -2.02. The molecule has 0 aromatic heterocycles. The predicted octanol–water partition coefficient (Wildman–Crippen LogP) is 1.40. The average molecular weight is 201 g/mol. The summed E-state index contributed by atoms with van der Waals surface area (Å²) in [5.41, 5.74) is 7.80. The predicted molar refractivity (Wildman–Crippen MR) is 51.7 cm³/mol. The molecule has 72 valence electrons. The lowest BCUT2D eigenvalue weighted by molar-refractivity contribution is 0.458. The van der Waals surface area contributed by atoms with Gasteiger partial charge in [0.2, 0.25) is 0 Å². The fourth-order valence-electron chi connectivity index (χ4n) is 1.09. The summed E-state index contributed by atoms with van der Waals surface area (Å²) in [6.07, 6.45) is 0. The molecule has 0 aliphatic heterocycles. The summed E-state index contributed by atoms with van der Waals surface area (Å²) in [6.45, 7) is 3.68. The van der Waals surface area contributed by atoms with Gasteiger partial charge in [-0.2, -0.15) is 4.21 Å². The fourth-order valence-corrected chi connectivity index (χ4v) is 1.38. The molecule has 0 aliphatic carbocycles. The van der Waals surface area contributed by atoms with Gasteiger partial charge in [0.15, 0.2) is 5.75 Å². The van der Waals surface area contributed by atoms with Gasteiger partial charge in [0, 0.05) is 0 Å². The normalized spacial score (nSPS) is 12.5. The van der Waals surface area contributed by atoms with E-state index in [9.17, 15) is 4.21 Å². The minimum atomic E-state index is -2.32. The van der Waals surface area contributed by atoms with E-state index in [2.05, 4.69) is 4.18 Å². The van der Waals surface area contributed by atoms with E-state index >= 15 is 0 Å². The maximum absolute atomic E-state index is 10.4. The Bertz CT molecular complexity index is 351. The van der Waals surface area contributed by atoms with Crippen LogP contribution in [0.15, 0.2) is 12.1 Å². The number of aryl methyl sites for hydroxylation is 2. The van der Waals surface area contributed by atoms with Crippen molar-refractivity contribution in [3.63, 3.8) is 0 Å². The average Bonchev–Trinajstić information content (AvgIpc) is 1.98. The van der Waals surface area contributed by atoms with E-state index in [0.29, 0.717) is 5.69 Å². The van der Waals surface area contributed by atoms with E-state index in [0.717, 1.165) is 11.1 Å². The molecule has 5 heteroatoms. The Kier molecular flexibility index (Phi) is 2.90. The van der Waals surface area contributed by atoms with Crippen LogP contribution in [-0.2, 0) is 11.4 Å². The van der Waals surface area contributed by atoms with Crippen LogP contribution < -0.4 is 9.92 Å². The lowest BCUT2D eigenvalue weighted by Gasteiger charge is -2.07. The SMILES string of the molecule is Cc1cc(C)c(N)c(OS(=O)O)c1. The fraction of sp³-hybridized carbons (Fsp3) is 0.250. The molecular formula is C8H11NO3S. The van der Waals surface area contributed by atoms with Crippen molar-refractivity contribution in [1.82, 2.24) is 0 Å². The summed E-state index contributed by atoms with van der Waals surface area (Å²) in [5.74, 6) is 0.248. The van der Waals surface area contributed by atoms with Gasteiger partial charge in [-0.3, -0.25) is 4.55 Å². The van der Waals surface area contributed by atoms with Crippen LogP contribution in [0.3, 0.4) is 0 Å². The van der Waals surface area contributed by atoms with Gasteiger partial charge in [-0.25, -0.2) is 0 Å². The van der Waals surface area contributed by atoms with Crippen LogP contribution in [0.5, 0.6) is 5.75 Å². The van der Waals surface area contributed by atoms with Crippen molar-refractivity contribution in [1.29, 1.82) is 0 Å². The van der Waals surface area contributed by atoms with Crippen LogP contribution in [0.1, 0.15) is 11.1 Å². The van der Waals surface area contributed by atoms with Crippen molar-refractivity contribution in [3.05, 3.63) is 23.3 Å². The Morgan fingerprint density at radius 2 is 2.08 bits per heavy atom. The van der Waals surface area contributed by atoms with Crippen molar-refractivity contribution >= 4 is 17.0 Å². The second-order valence-electron chi connectivity index (χ2n) is 2.79. The van der Waals surface area contributed by atoms with Crippen LogP contribution in [0.25, 0.3) is 0 Å². The number of hydrogen-bond donors (Lipinski definition) is 2. The maximum atomic E-state index is 10.4. The monoisotopic (exact) mass is 201 g/mol. The molecule has 0 saturated carbocycles.